The van der Waals surface area contributed by atoms with E-state index >= 15 is 0 Å². The fourth-order valence-corrected chi connectivity index (χ4v) is 1.31. The Balaban J connectivity index is 2.71. The van der Waals surface area contributed by atoms with Crippen molar-refractivity contribution < 1.29 is 18.7 Å². The van der Waals surface area contributed by atoms with E-state index in [1.165, 1.54) is 16.1 Å². The van der Waals surface area contributed by atoms with Crippen LogP contribution in [0.4, 0.5) is 0 Å². The molecule has 0 saturated carbocycles. The normalized spacial score (nSPS) is 10.2. The van der Waals surface area contributed by atoms with E-state index in [1.54, 1.807) is 33.3 Å². The number of methoxy groups -OCH3 is 1. The summed E-state index contributed by atoms with van der Waals surface area (Å²) >= 11 is 0. The first-order valence-electron chi connectivity index (χ1n) is 5.58. The van der Waals surface area contributed by atoms with E-state index < -0.39 is 0 Å². The lowest BCUT2D eigenvalue weighted by Gasteiger charge is -2.22. The van der Waals surface area contributed by atoms with Crippen LogP contribution in [-0.4, -0.2) is 62.5 Å². The molecule has 0 aliphatic carbocycles. The van der Waals surface area contributed by atoms with Crippen LogP contribution >= 0.6 is 0 Å². The summed E-state index contributed by atoms with van der Waals surface area (Å²) in [5.41, 5.74) is 0. The van der Waals surface area contributed by atoms with Crippen molar-refractivity contribution in [1.82, 2.24) is 9.80 Å². The Kier molecular flexibility index (Phi) is 5.38. The van der Waals surface area contributed by atoms with Crippen LogP contribution in [0.3, 0.4) is 0 Å². The fourth-order valence-electron chi connectivity index (χ4n) is 1.31. The first kappa shape index (κ1) is 14.2. The average Bonchev–Trinajstić information content (AvgIpc) is 2.86. The second-order valence-electron chi connectivity index (χ2n) is 3.98. The summed E-state index contributed by atoms with van der Waals surface area (Å²) in [5, 5.41) is 0. The van der Waals surface area contributed by atoms with Crippen molar-refractivity contribution in [3.63, 3.8) is 0 Å². The van der Waals surface area contributed by atoms with Crippen molar-refractivity contribution in [3.8, 4) is 0 Å². The van der Waals surface area contributed by atoms with Crippen molar-refractivity contribution in [2.45, 2.75) is 0 Å². The molecule has 0 aliphatic heterocycles. The molecule has 1 rings (SSSR count). The van der Waals surface area contributed by atoms with E-state index in [4.69, 9.17) is 9.15 Å². The van der Waals surface area contributed by atoms with Crippen LogP contribution < -0.4 is 0 Å². The van der Waals surface area contributed by atoms with Gasteiger partial charge in [0.1, 0.15) is 6.54 Å². The van der Waals surface area contributed by atoms with Crippen LogP contribution in [0.2, 0.25) is 0 Å². The Morgan fingerprint density at radius 1 is 1.39 bits per heavy atom. The summed E-state index contributed by atoms with van der Waals surface area (Å²) in [4.78, 5) is 26.6. The maximum absolute atomic E-state index is 12.1. The highest BCUT2D eigenvalue weighted by atomic mass is 16.5. The number of ether oxygens (including phenoxy) is 1. The van der Waals surface area contributed by atoms with Crippen molar-refractivity contribution >= 4 is 11.8 Å². The zero-order valence-electron chi connectivity index (χ0n) is 10.9. The van der Waals surface area contributed by atoms with Gasteiger partial charge < -0.3 is 19.0 Å². The number of nitrogens with zero attached hydrogens (tertiary/aromatic N) is 2. The van der Waals surface area contributed by atoms with Gasteiger partial charge >= 0.3 is 0 Å². The van der Waals surface area contributed by atoms with Gasteiger partial charge in [-0.05, 0) is 12.1 Å². The zero-order valence-corrected chi connectivity index (χ0v) is 10.9. The maximum atomic E-state index is 12.1. The standard InChI is InChI=1S/C12H18N2O4/c1-13(2)11(15)9-14(6-8-17-3)12(16)10-5-4-7-18-10/h4-5,7H,6,8-9H2,1-3H3. The molecule has 0 aromatic carbocycles. The Bertz CT molecular complexity index is 387. The van der Waals surface area contributed by atoms with Gasteiger partial charge in [-0.3, -0.25) is 9.59 Å². The van der Waals surface area contributed by atoms with E-state index in [-0.39, 0.29) is 24.1 Å². The predicted molar refractivity (Wildman–Crippen MR) is 65.2 cm³/mol. The SMILES string of the molecule is COCCN(CC(=O)N(C)C)C(=O)c1ccco1. The van der Waals surface area contributed by atoms with Gasteiger partial charge in [-0.1, -0.05) is 0 Å². The number of hydrogen-bond acceptors (Lipinski definition) is 4. The van der Waals surface area contributed by atoms with Crippen molar-refractivity contribution in [1.29, 1.82) is 0 Å². The average molecular weight is 254 g/mol. The Hall–Kier alpha value is -1.82. The number of likely N-dealkylation sites (N-methyl/N-ethyl adjacent to an activating group) is 1. The van der Waals surface area contributed by atoms with E-state index in [0.717, 1.165) is 0 Å². The van der Waals surface area contributed by atoms with Crippen molar-refractivity contribution in [3.05, 3.63) is 24.2 Å². The highest BCUT2D eigenvalue weighted by molar-refractivity contribution is 5.94. The highest BCUT2D eigenvalue weighted by Crippen LogP contribution is 2.06. The fraction of sp³-hybridized carbons (Fsp3) is 0.500. The molecule has 6 heteroatoms. The summed E-state index contributed by atoms with van der Waals surface area (Å²) in [5.74, 6) is -0.240. The summed E-state index contributed by atoms with van der Waals surface area (Å²) < 4.78 is 9.97. The topological polar surface area (TPSA) is 63.0 Å². The molecular weight excluding hydrogens is 236 g/mol. The molecule has 0 N–H and O–H groups in total. The molecule has 100 valence electrons. The number of amides is 2. The molecular formula is C12H18N2O4. The van der Waals surface area contributed by atoms with E-state index in [2.05, 4.69) is 0 Å². The number of carbonyl (C=O) groups excluding carboxylic acids is 2. The van der Waals surface area contributed by atoms with E-state index in [9.17, 15) is 9.59 Å². The van der Waals surface area contributed by atoms with E-state index in [0.29, 0.717) is 13.2 Å². The third kappa shape index (κ3) is 3.89. The molecule has 6 nitrogen and oxygen atoms in total. The third-order valence-electron chi connectivity index (χ3n) is 2.41. The number of furan rings is 1. The first-order chi connectivity index (χ1) is 8.56. The molecule has 0 aliphatic rings. The lowest BCUT2D eigenvalue weighted by Crippen LogP contribution is -2.41. The molecule has 2 amide bonds. The van der Waals surface area contributed by atoms with Crippen molar-refractivity contribution in [2.75, 3.05) is 40.9 Å². The number of hydrogen-bond donors (Lipinski definition) is 0. The molecule has 0 saturated heterocycles. The minimum Gasteiger partial charge on any atom is -0.459 e. The van der Waals surface area contributed by atoms with Crippen LogP contribution in [0, 0.1) is 0 Å². The molecule has 0 radical (unpaired) electrons. The summed E-state index contributed by atoms with van der Waals surface area (Å²) in [6.07, 6.45) is 1.43. The van der Waals surface area contributed by atoms with Crippen LogP contribution in [0.1, 0.15) is 10.6 Å². The van der Waals surface area contributed by atoms with Crippen molar-refractivity contribution in [2.24, 2.45) is 0 Å². The molecule has 0 fully saturated rings. The molecule has 18 heavy (non-hydrogen) atoms. The highest BCUT2D eigenvalue weighted by Gasteiger charge is 2.21. The molecule has 0 atom stereocenters. The van der Waals surface area contributed by atoms with Crippen LogP contribution in [0.15, 0.2) is 22.8 Å². The first-order valence-corrected chi connectivity index (χ1v) is 5.58. The Labute approximate surface area is 106 Å². The lowest BCUT2D eigenvalue weighted by atomic mass is 10.3. The van der Waals surface area contributed by atoms with Crippen LogP contribution in [0.5, 0.6) is 0 Å². The minimum atomic E-state index is -0.313. The summed E-state index contributed by atoms with van der Waals surface area (Å²) in [6.45, 7) is 0.721. The van der Waals surface area contributed by atoms with Gasteiger partial charge in [-0.2, -0.15) is 0 Å². The second kappa shape index (κ2) is 6.80. The second-order valence-corrected chi connectivity index (χ2v) is 3.98. The van der Waals surface area contributed by atoms with Gasteiger partial charge in [0.2, 0.25) is 5.91 Å². The maximum Gasteiger partial charge on any atom is 0.290 e. The van der Waals surface area contributed by atoms with Gasteiger partial charge in [-0.25, -0.2) is 0 Å². The number of rotatable bonds is 6. The van der Waals surface area contributed by atoms with Gasteiger partial charge in [0, 0.05) is 27.7 Å². The number of carbonyl (C=O) groups is 2. The van der Waals surface area contributed by atoms with E-state index in [1.807, 2.05) is 0 Å². The van der Waals surface area contributed by atoms with Gasteiger partial charge in [0.15, 0.2) is 5.76 Å². The molecule has 1 aromatic rings. The Morgan fingerprint density at radius 2 is 2.11 bits per heavy atom. The van der Waals surface area contributed by atoms with Crippen LogP contribution in [-0.2, 0) is 9.53 Å². The summed E-state index contributed by atoms with van der Waals surface area (Å²) in [7, 11) is 4.84. The van der Waals surface area contributed by atoms with Gasteiger partial charge in [0.25, 0.3) is 5.91 Å². The molecule has 0 spiro atoms. The zero-order chi connectivity index (χ0) is 13.5. The Morgan fingerprint density at radius 3 is 2.61 bits per heavy atom. The minimum absolute atomic E-state index is 0.00981. The monoisotopic (exact) mass is 254 g/mol. The summed E-state index contributed by atoms with van der Waals surface area (Å²) in [6, 6.07) is 3.21. The van der Waals surface area contributed by atoms with Gasteiger partial charge in [0.05, 0.1) is 12.9 Å². The predicted octanol–water partition coefficient (Wildman–Crippen LogP) is 0.456. The molecule has 1 aromatic heterocycles. The quantitative estimate of drug-likeness (QED) is 0.739. The third-order valence-corrected chi connectivity index (χ3v) is 2.41. The molecule has 0 bridgehead atoms. The van der Waals surface area contributed by atoms with Crippen LogP contribution in [0.25, 0.3) is 0 Å². The smallest absolute Gasteiger partial charge is 0.290 e. The lowest BCUT2D eigenvalue weighted by molar-refractivity contribution is -0.129. The largest absolute Gasteiger partial charge is 0.459 e. The molecule has 0 unspecified atom stereocenters. The van der Waals surface area contributed by atoms with Gasteiger partial charge in [-0.15, -0.1) is 0 Å². The molecule has 1 heterocycles.